The molecule has 2 rings (SSSR count). The summed E-state index contributed by atoms with van der Waals surface area (Å²) in [4.78, 5) is 11.8. The number of rotatable bonds is 2. The molecule has 0 radical (unpaired) electrons. The lowest BCUT2D eigenvalue weighted by molar-refractivity contribution is 0.0525. The van der Waals surface area contributed by atoms with Crippen molar-refractivity contribution in [2.75, 3.05) is 6.61 Å². The predicted octanol–water partition coefficient (Wildman–Crippen LogP) is 3.23. The standard InChI is InChI=1S/C13H14O3/c1-4-15-13(14)12-8(2)7-11-10(9(12)3)5-6-16-11/h5-7H,4H2,1-3H3. The second-order valence-electron chi connectivity index (χ2n) is 3.75. The van der Waals surface area contributed by atoms with Gasteiger partial charge in [-0.3, -0.25) is 0 Å². The van der Waals surface area contributed by atoms with Crippen LogP contribution in [0.1, 0.15) is 28.4 Å². The second kappa shape index (κ2) is 4.00. The van der Waals surface area contributed by atoms with Crippen molar-refractivity contribution in [2.45, 2.75) is 20.8 Å². The van der Waals surface area contributed by atoms with Crippen molar-refractivity contribution < 1.29 is 13.9 Å². The maximum Gasteiger partial charge on any atom is 0.338 e. The number of benzene rings is 1. The maximum atomic E-state index is 11.8. The molecule has 16 heavy (non-hydrogen) atoms. The number of hydrogen-bond donors (Lipinski definition) is 0. The number of aryl methyl sites for hydroxylation is 2. The van der Waals surface area contributed by atoms with E-state index in [0.717, 1.165) is 22.1 Å². The fourth-order valence-electron chi connectivity index (χ4n) is 1.96. The minimum Gasteiger partial charge on any atom is -0.464 e. The summed E-state index contributed by atoms with van der Waals surface area (Å²) < 4.78 is 10.4. The SMILES string of the molecule is CCOC(=O)c1c(C)cc2occc2c1C. The molecule has 0 aliphatic heterocycles. The molecule has 84 valence electrons. The van der Waals surface area contributed by atoms with Gasteiger partial charge in [-0.05, 0) is 44.0 Å². The molecule has 1 heterocycles. The molecular weight excluding hydrogens is 204 g/mol. The van der Waals surface area contributed by atoms with Gasteiger partial charge in [0.1, 0.15) is 5.58 Å². The fraction of sp³-hybridized carbons (Fsp3) is 0.308. The molecule has 0 aliphatic rings. The number of furan rings is 1. The number of carbonyl (C=O) groups is 1. The molecule has 0 saturated carbocycles. The van der Waals surface area contributed by atoms with Crippen molar-refractivity contribution in [1.29, 1.82) is 0 Å². The number of hydrogen-bond acceptors (Lipinski definition) is 3. The van der Waals surface area contributed by atoms with E-state index in [1.807, 2.05) is 26.0 Å². The molecule has 3 heteroatoms. The zero-order chi connectivity index (χ0) is 11.7. The summed E-state index contributed by atoms with van der Waals surface area (Å²) in [6, 6.07) is 3.74. The van der Waals surface area contributed by atoms with Crippen molar-refractivity contribution in [2.24, 2.45) is 0 Å². The van der Waals surface area contributed by atoms with Gasteiger partial charge in [-0.25, -0.2) is 4.79 Å². The summed E-state index contributed by atoms with van der Waals surface area (Å²) in [7, 11) is 0. The highest BCUT2D eigenvalue weighted by Crippen LogP contribution is 2.26. The Morgan fingerprint density at radius 3 is 2.88 bits per heavy atom. The van der Waals surface area contributed by atoms with Crippen LogP contribution in [0, 0.1) is 13.8 Å². The molecule has 0 saturated heterocycles. The van der Waals surface area contributed by atoms with Gasteiger partial charge in [0.25, 0.3) is 0 Å². The van der Waals surface area contributed by atoms with Gasteiger partial charge >= 0.3 is 5.97 Å². The summed E-state index contributed by atoms with van der Waals surface area (Å²) in [5, 5.41) is 0.966. The smallest absolute Gasteiger partial charge is 0.338 e. The first-order valence-electron chi connectivity index (χ1n) is 5.29. The monoisotopic (exact) mass is 218 g/mol. The van der Waals surface area contributed by atoms with Gasteiger partial charge in [-0.15, -0.1) is 0 Å². The van der Waals surface area contributed by atoms with E-state index in [0.29, 0.717) is 12.2 Å². The fourth-order valence-corrected chi connectivity index (χ4v) is 1.96. The summed E-state index contributed by atoms with van der Waals surface area (Å²) in [6.45, 7) is 6.00. The molecule has 0 aliphatic carbocycles. The zero-order valence-electron chi connectivity index (χ0n) is 9.66. The minimum atomic E-state index is -0.263. The highest BCUT2D eigenvalue weighted by atomic mass is 16.5. The zero-order valence-corrected chi connectivity index (χ0v) is 9.66. The number of ether oxygens (including phenoxy) is 1. The number of carbonyl (C=O) groups excluding carboxylic acids is 1. The average Bonchev–Trinajstić information content (AvgIpc) is 2.66. The first-order valence-corrected chi connectivity index (χ1v) is 5.29. The number of fused-ring (bicyclic) bond motifs is 1. The van der Waals surface area contributed by atoms with Crippen LogP contribution >= 0.6 is 0 Å². The molecule has 0 atom stereocenters. The minimum absolute atomic E-state index is 0.263. The van der Waals surface area contributed by atoms with Crippen LogP contribution in [0.5, 0.6) is 0 Å². The van der Waals surface area contributed by atoms with E-state index >= 15 is 0 Å². The van der Waals surface area contributed by atoms with Gasteiger partial charge < -0.3 is 9.15 Å². The van der Waals surface area contributed by atoms with Crippen molar-refractivity contribution in [1.82, 2.24) is 0 Å². The predicted molar refractivity (Wildman–Crippen MR) is 61.6 cm³/mol. The lowest BCUT2D eigenvalue weighted by atomic mass is 9.99. The van der Waals surface area contributed by atoms with Crippen LogP contribution in [0.4, 0.5) is 0 Å². The van der Waals surface area contributed by atoms with Gasteiger partial charge in [0.2, 0.25) is 0 Å². The molecule has 1 aromatic carbocycles. The quantitative estimate of drug-likeness (QED) is 0.726. The van der Waals surface area contributed by atoms with Gasteiger partial charge in [0.05, 0.1) is 18.4 Å². The Kier molecular flexibility index (Phi) is 2.69. The molecule has 0 N–H and O–H groups in total. The molecule has 0 spiro atoms. The molecule has 0 bridgehead atoms. The molecule has 2 aromatic rings. The lowest BCUT2D eigenvalue weighted by Gasteiger charge is -2.09. The highest BCUT2D eigenvalue weighted by Gasteiger charge is 2.16. The van der Waals surface area contributed by atoms with E-state index in [1.54, 1.807) is 13.2 Å². The van der Waals surface area contributed by atoms with E-state index in [9.17, 15) is 4.79 Å². The Hall–Kier alpha value is -1.77. The van der Waals surface area contributed by atoms with Crippen molar-refractivity contribution in [3.63, 3.8) is 0 Å². The summed E-state index contributed by atoms with van der Waals surface area (Å²) in [6.07, 6.45) is 1.63. The molecule has 0 amide bonds. The summed E-state index contributed by atoms with van der Waals surface area (Å²) >= 11 is 0. The Labute approximate surface area is 94.0 Å². The first-order chi connectivity index (χ1) is 7.65. The highest BCUT2D eigenvalue weighted by molar-refractivity contribution is 5.98. The van der Waals surface area contributed by atoms with Crippen LogP contribution in [0.3, 0.4) is 0 Å². The number of esters is 1. The van der Waals surface area contributed by atoms with E-state index in [1.165, 1.54) is 0 Å². The van der Waals surface area contributed by atoms with Crippen molar-refractivity contribution >= 4 is 16.9 Å². The molecule has 0 fully saturated rings. The molecular formula is C13H14O3. The topological polar surface area (TPSA) is 39.4 Å². The van der Waals surface area contributed by atoms with E-state index in [4.69, 9.17) is 9.15 Å². The van der Waals surface area contributed by atoms with Gasteiger partial charge in [0.15, 0.2) is 0 Å². The van der Waals surface area contributed by atoms with E-state index in [-0.39, 0.29) is 5.97 Å². The Morgan fingerprint density at radius 1 is 1.44 bits per heavy atom. The summed E-state index contributed by atoms with van der Waals surface area (Å²) in [5.74, 6) is -0.263. The Bertz CT molecular complexity index is 537. The third-order valence-corrected chi connectivity index (χ3v) is 2.70. The van der Waals surface area contributed by atoms with Gasteiger partial charge in [0, 0.05) is 5.39 Å². The molecule has 3 nitrogen and oxygen atoms in total. The average molecular weight is 218 g/mol. The second-order valence-corrected chi connectivity index (χ2v) is 3.75. The van der Waals surface area contributed by atoms with Gasteiger partial charge in [-0.2, -0.15) is 0 Å². The summed E-state index contributed by atoms with van der Waals surface area (Å²) in [5.41, 5.74) is 3.26. The van der Waals surface area contributed by atoms with Crippen molar-refractivity contribution in [3.8, 4) is 0 Å². The van der Waals surface area contributed by atoms with Crippen LogP contribution in [0.25, 0.3) is 11.0 Å². The maximum absolute atomic E-state index is 11.8. The van der Waals surface area contributed by atoms with E-state index < -0.39 is 0 Å². The Morgan fingerprint density at radius 2 is 2.19 bits per heavy atom. The largest absolute Gasteiger partial charge is 0.464 e. The van der Waals surface area contributed by atoms with Crippen LogP contribution in [0.2, 0.25) is 0 Å². The third-order valence-electron chi connectivity index (χ3n) is 2.70. The molecule has 1 aromatic heterocycles. The molecule has 0 unspecified atom stereocenters. The third kappa shape index (κ3) is 1.58. The van der Waals surface area contributed by atoms with E-state index in [2.05, 4.69) is 0 Å². The van der Waals surface area contributed by atoms with Crippen LogP contribution in [0.15, 0.2) is 22.8 Å². The van der Waals surface area contributed by atoms with Crippen LogP contribution in [-0.2, 0) is 4.74 Å². The van der Waals surface area contributed by atoms with Crippen LogP contribution in [-0.4, -0.2) is 12.6 Å². The van der Waals surface area contributed by atoms with Gasteiger partial charge in [-0.1, -0.05) is 0 Å². The lowest BCUT2D eigenvalue weighted by Crippen LogP contribution is -2.09. The normalized spacial score (nSPS) is 10.7. The van der Waals surface area contributed by atoms with Crippen molar-refractivity contribution in [3.05, 3.63) is 35.1 Å². The Balaban J connectivity index is 2.63. The van der Waals surface area contributed by atoms with Crippen LogP contribution < -0.4 is 0 Å². The first kappa shape index (κ1) is 10.7.